The van der Waals surface area contributed by atoms with Gasteiger partial charge in [0.05, 0.1) is 19.3 Å². The van der Waals surface area contributed by atoms with Crippen molar-refractivity contribution in [2.45, 2.75) is 83.3 Å². The highest BCUT2D eigenvalue weighted by Crippen LogP contribution is 2.13. The molecule has 0 saturated carbocycles. The molecule has 0 bridgehead atoms. The summed E-state index contributed by atoms with van der Waals surface area (Å²) in [6.45, 7) is 2.15. The molecule has 2 N–H and O–H groups in total. The van der Waals surface area contributed by atoms with Crippen LogP contribution in [0.5, 0.6) is 0 Å². The molecule has 0 spiro atoms. The minimum Gasteiger partial charge on any atom is -0.469 e. The summed E-state index contributed by atoms with van der Waals surface area (Å²) in [5.41, 5.74) is 0. The zero-order valence-electron chi connectivity index (χ0n) is 12.4. The monoisotopic (exact) mass is 274 g/mol. The van der Waals surface area contributed by atoms with Crippen molar-refractivity contribution in [3.8, 4) is 0 Å². The Kier molecular flexibility index (Phi) is 12.0. The third-order valence-electron chi connectivity index (χ3n) is 3.41. The lowest BCUT2D eigenvalue weighted by molar-refractivity contribution is -0.140. The number of carbonyl (C=O) groups is 1. The predicted octanol–water partition coefficient (Wildman–Crippen LogP) is 2.80. The highest BCUT2D eigenvalue weighted by Gasteiger charge is 2.15. The molecule has 4 heteroatoms. The van der Waals surface area contributed by atoms with Crippen molar-refractivity contribution in [3.63, 3.8) is 0 Å². The van der Waals surface area contributed by atoms with E-state index in [2.05, 4.69) is 11.7 Å². The minimum atomic E-state index is -0.625. The Morgan fingerprint density at radius 3 is 1.95 bits per heavy atom. The van der Waals surface area contributed by atoms with Gasteiger partial charge in [-0.2, -0.15) is 0 Å². The summed E-state index contributed by atoms with van der Waals surface area (Å²) in [4.78, 5) is 10.9. The molecule has 0 amide bonds. The Balaban J connectivity index is 3.45. The molecule has 0 aliphatic rings. The van der Waals surface area contributed by atoms with E-state index in [-0.39, 0.29) is 5.97 Å². The van der Waals surface area contributed by atoms with E-state index in [1.165, 1.54) is 20.0 Å². The van der Waals surface area contributed by atoms with Gasteiger partial charge in [-0.15, -0.1) is 0 Å². The molecule has 0 rings (SSSR count). The maximum Gasteiger partial charge on any atom is 0.305 e. The highest BCUT2D eigenvalue weighted by molar-refractivity contribution is 5.68. The maximum atomic E-state index is 10.9. The van der Waals surface area contributed by atoms with Crippen LogP contribution in [0.25, 0.3) is 0 Å². The van der Waals surface area contributed by atoms with Gasteiger partial charge in [0.15, 0.2) is 0 Å². The highest BCUT2D eigenvalue weighted by atomic mass is 16.5. The number of rotatable bonds is 12. The molecule has 0 saturated heterocycles. The second-order valence-electron chi connectivity index (χ2n) is 5.16. The number of methoxy groups -OCH3 is 1. The van der Waals surface area contributed by atoms with Crippen LogP contribution in [-0.4, -0.2) is 35.5 Å². The fourth-order valence-electron chi connectivity index (χ4n) is 2.07. The van der Waals surface area contributed by atoms with E-state index < -0.39 is 12.2 Å². The largest absolute Gasteiger partial charge is 0.469 e. The smallest absolute Gasteiger partial charge is 0.305 e. The van der Waals surface area contributed by atoms with Gasteiger partial charge in [0, 0.05) is 6.42 Å². The molecule has 0 aromatic heterocycles. The van der Waals surface area contributed by atoms with Crippen molar-refractivity contribution < 1.29 is 19.7 Å². The van der Waals surface area contributed by atoms with Gasteiger partial charge in [-0.1, -0.05) is 45.4 Å². The van der Waals surface area contributed by atoms with Crippen LogP contribution in [0.4, 0.5) is 0 Å². The van der Waals surface area contributed by atoms with E-state index in [1.54, 1.807) is 0 Å². The van der Waals surface area contributed by atoms with E-state index in [1.807, 2.05) is 0 Å². The van der Waals surface area contributed by atoms with Crippen molar-refractivity contribution in [2.24, 2.45) is 0 Å². The van der Waals surface area contributed by atoms with Gasteiger partial charge >= 0.3 is 5.97 Å². The summed E-state index contributed by atoms with van der Waals surface area (Å²) in [6, 6.07) is 0. The molecule has 0 aromatic rings. The van der Waals surface area contributed by atoms with Crippen LogP contribution in [0.1, 0.15) is 71.1 Å². The van der Waals surface area contributed by atoms with Crippen molar-refractivity contribution in [1.29, 1.82) is 0 Å². The molecular formula is C15H30O4. The number of aliphatic hydroxyl groups excluding tert-OH is 2. The molecule has 0 aromatic carbocycles. The van der Waals surface area contributed by atoms with E-state index >= 15 is 0 Å². The Morgan fingerprint density at radius 2 is 1.47 bits per heavy atom. The minimum absolute atomic E-state index is 0.184. The average Bonchev–Trinajstić information content (AvgIpc) is 2.42. The topological polar surface area (TPSA) is 66.8 Å². The third-order valence-corrected chi connectivity index (χ3v) is 3.41. The summed E-state index contributed by atoms with van der Waals surface area (Å²) >= 11 is 0. The lowest BCUT2D eigenvalue weighted by Gasteiger charge is -2.17. The van der Waals surface area contributed by atoms with Crippen molar-refractivity contribution in [2.75, 3.05) is 7.11 Å². The SMILES string of the molecule is CCCCCC[C@@H](O)[C@H](O)CCCCCC(=O)OC. The fourth-order valence-corrected chi connectivity index (χ4v) is 2.07. The van der Waals surface area contributed by atoms with E-state index in [0.717, 1.165) is 32.1 Å². The van der Waals surface area contributed by atoms with Gasteiger partial charge in [-0.25, -0.2) is 0 Å². The number of hydrogen-bond donors (Lipinski definition) is 2. The number of ether oxygens (including phenoxy) is 1. The first-order valence-corrected chi connectivity index (χ1v) is 7.54. The van der Waals surface area contributed by atoms with Crippen molar-refractivity contribution >= 4 is 5.97 Å². The standard InChI is InChI=1S/C15H30O4/c1-3-4-5-7-10-13(16)14(17)11-8-6-9-12-15(18)19-2/h13-14,16-17H,3-12H2,1-2H3/t13-,14-/m1/s1. The van der Waals surface area contributed by atoms with Crippen LogP contribution in [0.2, 0.25) is 0 Å². The van der Waals surface area contributed by atoms with Gasteiger partial charge in [0.1, 0.15) is 0 Å². The average molecular weight is 274 g/mol. The molecule has 2 atom stereocenters. The van der Waals surface area contributed by atoms with Gasteiger partial charge in [-0.3, -0.25) is 4.79 Å². The summed E-state index contributed by atoms with van der Waals surface area (Å²) < 4.78 is 4.55. The van der Waals surface area contributed by atoms with Crippen LogP contribution >= 0.6 is 0 Å². The zero-order valence-corrected chi connectivity index (χ0v) is 12.4. The number of carbonyl (C=O) groups excluding carboxylic acids is 1. The van der Waals surface area contributed by atoms with Gasteiger partial charge < -0.3 is 14.9 Å². The molecule has 114 valence electrons. The molecule has 0 aliphatic carbocycles. The Labute approximate surface area is 117 Å². The predicted molar refractivity (Wildman–Crippen MR) is 75.9 cm³/mol. The molecule has 0 unspecified atom stereocenters. The van der Waals surface area contributed by atoms with E-state index in [0.29, 0.717) is 19.3 Å². The Morgan fingerprint density at radius 1 is 0.947 bits per heavy atom. The lowest BCUT2D eigenvalue weighted by Crippen LogP contribution is -2.25. The van der Waals surface area contributed by atoms with Crippen LogP contribution in [0.15, 0.2) is 0 Å². The van der Waals surface area contributed by atoms with Crippen LogP contribution in [-0.2, 0) is 9.53 Å². The van der Waals surface area contributed by atoms with E-state index in [4.69, 9.17) is 0 Å². The molecule has 19 heavy (non-hydrogen) atoms. The first-order chi connectivity index (χ1) is 9.11. The quantitative estimate of drug-likeness (QED) is 0.424. The van der Waals surface area contributed by atoms with Crippen LogP contribution in [0, 0.1) is 0 Å². The van der Waals surface area contributed by atoms with Gasteiger partial charge in [0.2, 0.25) is 0 Å². The van der Waals surface area contributed by atoms with Crippen LogP contribution in [0.3, 0.4) is 0 Å². The summed E-state index contributed by atoms with van der Waals surface area (Å²) in [7, 11) is 1.39. The number of aliphatic hydroxyl groups is 2. The summed E-state index contributed by atoms with van der Waals surface area (Å²) in [5, 5.41) is 19.6. The van der Waals surface area contributed by atoms with Crippen molar-refractivity contribution in [1.82, 2.24) is 0 Å². The lowest BCUT2D eigenvalue weighted by atomic mass is 10.0. The molecule has 4 nitrogen and oxygen atoms in total. The molecule has 0 fully saturated rings. The first kappa shape index (κ1) is 18.4. The maximum absolute atomic E-state index is 10.9. The molecule has 0 aliphatic heterocycles. The number of hydrogen-bond acceptors (Lipinski definition) is 4. The zero-order chi connectivity index (χ0) is 14.5. The molecule has 0 radical (unpaired) electrons. The molecular weight excluding hydrogens is 244 g/mol. The second kappa shape index (κ2) is 12.4. The summed E-state index contributed by atoms with van der Waals surface area (Å²) in [6.07, 6.45) is 7.48. The first-order valence-electron chi connectivity index (χ1n) is 7.54. The Bertz CT molecular complexity index is 218. The van der Waals surface area contributed by atoms with E-state index in [9.17, 15) is 15.0 Å². The van der Waals surface area contributed by atoms with Crippen molar-refractivity contribution in [3.05, 3.63) is 0 Å². The fraction of sp³-hybridized carbons (Fsp3) is 0.933. The number of esters is 1. The second-order valence-corrected chi connectivity index (χ2v) is 5.16. The number of unbranched alkanes of at least 4 members (excludes halogenated alkanes) is 5. The van der Waals surface area contributed by atoms with Gasteiger partial charge in [-0.05, 0) is 19.3 Å². The van der Waals surface area contributed by atoms with Gasteiger partial charge in [0.25, 0.3) is 0 Å². The molecule has 0 heterocycles. The summed E-state index contributed by atoms with van der Waals surface area (Å²) in [5.74, 6) is -0.184. The Hall–Kier alpha value is -0.610. The third kappa shape index (κ3) is 11.0. The normalized spacial score (nSPS) is 14.1. The van der Waals surface area contributed by atoms with Crippen LogP contribution < -0.4 is 0 Å².